The molecule has 1 heterocycles. The summed E-state index contributed by atoms with van der Waals surface area (Å²) in [4.78, 5) is 23.3. The predicted molar refractivity (Wildman–Crippen MR) is 122 cm³/mol. The predicted octanol–water partition coefficient (Wildman–Crippen LogP) is 4.92. The molecule has 1 N–H and O–H groups in total. The van der Waals surface area contributed by atoms with Gasteiger partial charge in [0.05, 0.1) is 12.1 Å². The summed E-state index contributed by atoms with van der Waals surface area (Å²) >= 11 is 0. The van der Waals surface area contributed by atoms with Crippen molar-refractivity contribution < 1.29 is 9.53 Å². The first-order valence-corrected chi connectivity index (χ1v) is 10.7. The topological polar surface area (TPSA) is 67.4 Å². The van der Waals surface area contributed by atoms with E-state index >= 15 is 0 Å². The number of anilines is 2. The van der Waals surface area contributed by atoms with Gasteiger partial charge in [0.2, 0.25) is 5.82 Å². The van der Waals surface area contributed by atoms with Gasteiger partial charge < -0.3 is 15.0 Å². The molecule has 0 saturated heterocycles. The normalized spacial score (nSPS) is 10.7. The van der Waals surface area contributed by atoms with E-state index in [1.54, 1.807) is 6.92 Å². The van der Waals surface area contributed by atoms with Gasteiger partial charge in [-0.05, 0) is 44.0 Å². The zero-order chi connectivity index (χ0) is 21.2. The van der Waals surface area contributed by atoms with E-state index in [4.69, 9.17) is 4.74 Å². The molecule has 6 heteroatoms. The van der Waals surface area contributed by atoms with Crippen LogP contribution in [0, 0.1) is 0 Å². The number of hydrogen-bond donors (Lipinski definition) is 1. The lowest BCUT2D eigenvalue weighted by atomic mass is 10.2. The van der Waals surface area contributed by atoms with E-state index in [-0.39, 0.29) is 5.82 Å². The SMILES string of the molecule is CCCCN(CCCNc1nc(C(=O)OCC)nc2ccccc12)c1ccccc1. The van der Waals surface area contributed by atoms with Crippen molar-refractivity contribution in [2.75, 3.05) is 36.5 Å². The molecule has 0 aliphatic carbocycles. The molecule has 6 nitrogen and oxygen atoms in total. The number of rotatable bonds is 11. The third kappa shape index (κ3) is 5.69. The first kappa shape index (κ1) is 21.6. The van der Waals surface area contributed by atoms with Gasteiger partial charge in [-0.15, -0.1) is 0 Å². The van der Waals surface area contributed by atoms with E-state index in [1.165, 1.54) is 18.5 Å². The van der Waals surface area contributed by atoms with Crippen LogP contribution in [0.1, 0.15) is 43.7 Å². The van der Waals surface area contributed by atoms with Crippen molar-refractivity contribution in [2.45, 2.75) is 33.1 Å². The number of benzene rings is 2. The third-order valence-electron chi connectivity index (χ3n) is 4.86. The van der Waals surface area contributed by atoms with Gasteiger partial charge in [0.15, 0.2) is 0 Å². The number of aromatic nitrogens is 2. The maximum Gasteiger partial charge on any atom is 0.376 e. The summed E-state index contributed by atoms with van der Waals surface area (Å²) in [5.41, 5.74) is 1.98. The van der Waals surface area contributed by atoms with E-state index in [1.807, 2.05) is 30.3 Å². The van der Waals surface area contributed by atoms with E-state index in [0.29, 0.717) is 12.4 Å². The molecule has 0 spiro atoms. The Bertz CT molecular complexity index is 946. The van der Waals surface area contributed by atoms with Crippen LogP contribution in [0.2, 0.25) is 0 Å². The Labute approximate surface area is 178 Å². The van der Waals surface area contributed by atoms with Gasteiger partial charge in [-0.3, -0.25) is 0 Å². The quantitative estimate of drug-likeness (QED) is 0.360. The van der Waals surface area contributed by atoms with Gasteiger partial charge in [0.25, 0.3) is 0 Å². The minimum Gasteiger partial charge on any atom is -0.460 e. The minimum atomic E-state index is -0.499. The maximum atomic E-state index is 12.1. The number of unbranched alkanes of at least 4 members (excludes halogenated alkanes) is 1. The summed E-state index contributed by atoms with van der Waals surface area (Å²) in [6, 6.07) is 18.2. The monoisotopic (exact) mass is 406 g/mol. The fourth-order valence-corrected chi connectivity index (χ4v) is 3.33. The van der Waals surface area contributed by atoms with Crippen LogP contribution in [0.5, 0.6) is 0 Å². The Morgan fingerprint density at radius 2 is 1.70 bits per heavy atom. The van der Waals surface area contributed by atoms with Crippen LogP contribution in [0.25, 0.3) is 10.9 Å². The number of esters is 1. The number of fused-ring (bicyclic) bond motifs is 1. The van der Waals surface area contributed by atoms with E-state index in [9.17, 15) is 4.79 Å². The zero-order valence-electron chi connectivity index (χ0n) is 17.8. The average Bonchev–Trinajstić information content (AvgIpc) is 2.79. The molecule has 0 fully saturated rings. The van der Waals surface area contributed by atoms with E-state index in [0.717, 1.165) is 37.0 Å². The summed E-state index contributed by atoms with van der Waals surface area (Å²) in [6.07, 6.45) is 3.29. The van der Waals surface area contributed by atoms with Crippen LogP contribution in [0.3, 0.4) is 0 Å². The van der Waals surface area contributed by atoms with Gasteiger partial charge in [-0.1, -0.05) is 43.7 Å². The summed E-state index contributed by atoms with van der Waals surface area (Å²) in [5.74, 6) is 0.261. The molecule has 1 aromatic heterocycles. The summed E-state index contributed by atoms with van der Waals surface area (Å²) in [6.45, 7) is 7.03. The lowest BCUT2D eigenvalue weighted by Gasteiger charge is -2.25. The van der Waals surface area contributed by atoms with E-state index in [2.05, 4.69) is 51.4 Å². The van der Waals surface area contributed by atoms with Crippen LogP contribution in [-0.2, 0) is 4.74 Å². The van der Waals surface area contributed by atoms with Gasteiger partial charge in [0, 0.05) is 30.7 Å². The maximum absolute atomic E-state index is 12.1. The van der Waals surface area contributed by atoms with Crippen molar-refractivity contribution >= 4 is 28.4 Å². The number of carbonyl (C=O) groups is 1. The number of para-hydroxylation sites is 2. The highest BCUT2D eigenvalue weighted by atomic mass is 16.5. The second kappa shape index (κ2) is 11.1. The summed E-state index contributed by atoms with van der Waals surface area (Å²) in [7, 11) is 0. The van der Waals surface area contributed by atoms with Gasteiger partial charge in [-0.2, -0.15) is 0 Å². The van der Waals surface area contributed by atoms with Crippen molar-refractivity contribution in [1.82, 2.24) is 9.97 Å². The van der Waals surface area contributed by atoms with Gasteiger partial charge in [0.1, 0.15) is 5.82 Å². The Kier molecular flexibility index (Phi) is 8.01. The molecule has 3 aromatic rings. The Hall–Kier alpha value is -3.15. The highest BCUT2D eigenvalue weighted by Gasteiger charge is 2.15. The van der Waals surface area contributed by atoms with Crippen LogP contribution >= 0.6 is 0 Å². The molecule has 0 atom stereocenters. The molecular formula is C24H30N4O2. The third-order valence-corrected chi connectivity index (χ3v) is 4.86. The first-order valence-electron chi connectivity index (χ1n) is 10.7. The molecule has 0 unspecified atom stereocenters. The smallest absolute Gasteiger partial charge is 0.376 e. The van der Waals surface area contributed by atoms with Crippen molar-refractivity contribution in [3.8, 4) is 0 Å². The summed E-state index contributed by atoms with van der Waals surface area (Å²) in [5, 5.41) is 4.30. The second-order valence-electron chi connectivity index (χ2n) is 7.09. The zero-order valence-corrected chi connectivity index (χ0v) is 17.8. The molecule has 0 radical (unpaired) electrons. The first-order chi connectivity index (χ1) is 14.7. The molecule has 158 valence electrons. The van der Waals surface area contributed by atoms with Crippen LogP contribution in [0.15, 0.2) is 54.6 Å². The minimum absolute atomic E-state index is 0.0897. The van der Waals surface area contributed by atoms with Crippen LogP contribution in [-0.4, -0.2) is 42.2 Å². The Morgan fingerprint density at radius 3 is 2.47 bits per heavy atom. The molecule has 30 heavy (non-hydrogen) atoms. The van der Waals surface area contributed by atoms with Gasteiger partial charge >= 0.3 is 5.97 Å². The standard InChI is InChI=1S/C24H30N4O2/c1-3-5-17-28(19-12-7-6-8-13-19)18-11-16-25-22-20-14-9-10-15-21(20)26-23(27-22)24(29)30-4-2/h6-10,12-15H,3-5,11,16-18H2,1-2H3,(H,25,26,27). The number of nitrogens with zero attached hydrogens (tertiary/aromatic N) is 3. The molecule has 0 saturated carbocycles. The molecular weight excluding hydrogens is 376 g/mol. The number of carbonyl (C=O) groups excluding carboxylic acids is 1. The molecule has 0 aliphatic rings. The fraction of sp³-hybridized carbons (Fsp3) is 0.375. The second-order valence-corrected chi connectivity index (χ2v) is 7.09. The van der Waals surface area contributed by atoms with Crippen LogP contribution < -0.4 is 10.2 Å². The van der Waals surface area contributed by atoms with Crippen LogP contribution in [0.4, 0.5) is 11.5 Å². The molecule has 2 aromatic carbocycles. The number of hydrogen-bond acceptors (Lipinski definition) is 6. The number of ether oxygens (including phenoxy) is 1. The van der Waals surface area contributed by atoms with Crippen molar-refractivity contribution in [2.24, 2.45) is 0 Å². The Balaban J connectivity index is 1.68. The van der Waals surface area contributed by atoms with Gasteiger partial charge in [-0.25, -0.2) is 14.8 Å². The van der Waals surface area contributed by atoms with Crippen molar-refractivity contribution in [1.29, 1.82) is 0 Å². The fourth-order valence-electron chi connectivity index (χ4n) is 3.33. The lowest BCUT2D eigenvalue weighted by molar-refractivity contribution is 0.0512. The average molecular weight is 407 g/mol. The van der Waals surface area contributed by atoms with Crippen molar-refractivity contribution in [3.63, 3.8) is 0 Å². The largest absolute Gasteiger partial charge is 0.460 e. The highest BCUT2D eigenvalue weighted by molar-refractivity contribution is 5.94. The molecule has 0 bridgehead atoms. The molecule has 0 aliphatic heterocycles. The molecule has 3 rings (SSSR count). The Morgan fingerprint density at radius 1 is 0.967 bits per heavy atom. The lowest BCUT2D eigenvalue weighted by Crippen LogP contribution is -2.27. The molecule has 0 amide bonds. The van der Waals surface area contributed by atoms with Crippen molar-refractivity contribution in [3.05, 3.63) is 60.4 Å². The summed E-state index contributed by atoms with van der Waals surface area (Å²) < 4.78 is 5.08. The van der Waals surface area contributed by atoms with E-state index < -0.39 is 5.97 Å². The number of nitrogens with one attached hydrogen (secondary N) is 1. The highest BCUT2D eigenvalue weighted by Crippen LogP contribution is 2.21.